The van der Waals surface area contributed by atoms with Crippen LogP contribution in [0, 0.1) is 0 Å². The number of nitrogens with zero attached hydrogens (tertiary/aromatic N) is 2. The molecule has 3 rings (SSSR count). The molecule has 2 aromatic heterocycles. The summed E-state index contributed by atoms with van der Waals surface area (Å²) in [5, 5.41) is 0.664. The van der Waals surface area contributed by atoms with Gasteiger partial charge in [0.15, 0.2) is 5.78 Å². The van der Waals surface area contributed by atoms with Crippen molar-refractivity contribution in [3.8, 4) is 5.75 Å². The lowest BCUT2D eigenvalue weighted by molar-refractivity contribution is 0.100. The molecule has 0 radical (unpaired) electrons. The van der Waals surface area contributed by atoms with E-state index in [4.69, 9.17) is 4.74 Å². The van der Waals surface area contributed by atoms with E-state index in [2.05, 4.69) is 4.98 Å². The van der Waals surface area contributed by atoms with E-state index < -0.39 is 11.4 Å². The van der Waals surface area contributed by atoms with Gasteiger partial charge in [0.1, 0.15) is 11.4 Å². The van der Waals surface area contributed by atoms with Crippen molar-refractivity contribution in [3.05, 3.63) is 50.9 Å². The molecule has 0 saturated carbocycles. The number of Topliss-reactive ketones (excluding diaryl/α,β-unsaturated/α-hetero) is 1. The van der Waals surface area contributed by atoms with Gasteiger partial charge in [-0.2, -0.15) is 9.03 Å². The molecule has 0 aliphatic heterocycles. The molecule has 0 bridgehead atoms. The number of hydrogen-bond acceptors (Lipinski definition) is 4. The number of aromatic amines is 1. The fourth-order valence-corrected chi connectivity index (χ4v) is 2.23. The Morgan fingerprint density at radius 2 is 1.85 bits per heavy atom. The number of fused-ring (bicyclic) bond motifs is 3. The number of hydrogen-bond donors (Lipinski definition) is 1. The third kappa shape index (κ3) is 1.56. The van der Waals surface area contributed by atoms with Crippen LogP contribution in [0.5, 0.6) is 5.75 Å². The van der Waals surface area contributed by atoms with E-state index in [-0.39, 0.29) is 11.5 Å². The molecule has 0 spiro atoms. The van der Waals surface area contributed by atoms with Gasteiger partial charge in [-0.25, -0.2) is 9.59 Å². The van der Waals surface area contributed by atoms with Gasteiger partial charge in [-0.3, -0.25) is 9.78 Å². The van der Waals surface area contributed by atoms with E-state index in [9.17, 15) is 14.4 Å². The molecule has 0 atom stereocenters. The summed E-state index contributed by atoms with van der Waals surface area (Å²) in [6, 6.07) is 6.66. The first-order chi connectivity index (χ1) is 9.52. The fraction of sp³-hybridized carbons (Fsp3) is 0.154. The lowest BCUT2D eigenvalue weighted by Crippen LogP contribution is -2.21. The van der Waals surface area contributed by atoms with E-state index in [0.717, 1.165) is 9.03 Å². The minimum Gasteiger partial charge on any atom is -0.497 e. The van der Waals surface area contributed by atoms with Crippen LogP contribution < -0.4 is 16.1 Å². The highest BCUT2D eigenvalue weighted by molar-refractivity contribution is 5.95. The Morgan fingerprint density at radius 1 is 1.15 bits per heavy atom. The lowest BCUT2D eigenvalue weighted by atomic mass is 10.2. The van der Waals surface area contributed by atoms with E-state index in [1.54, 1.807) is 24.3 Å². The Balaban J connectivity index is 2.65. The first-order valence-corrected chi connectivity index (χ1v) is 5.88. The number of rotatable bonds is 2. The first-order valence-electron chi connectivity index (χ1n) is 5.88. The molecule has 20 heavy (non-hydrogen) atoms. The van der Waals surface area contributed by atoms with Gasteiger partial charge < -0.3 is 4.74 Å². The predicted molar refractivity (Wildman–Crippen MR) is 71.8 cm³/mol. The highest BCUT2D eigenvalue weighted by Gasteiger charge is 2.14. The molecule has 0 saturated heterocycles. The van der Waals surface area contributed by atoms with Gasteiger partial charge in [0, 0.05) is 18.4 Å². The molecule has 2 heterocycles. The topological polar surface area (TPSA) is 85.0 Å². The maximum absolute atomic E-state index is 11.9. The van der Waals surface area contributed by atoms with Crippen LogP contribution in [0.2, 0.25) is 0 Å². The van der Waals surface area contributed by atoms with E-state index in [1.165, 1.54) is 14.0 Å². The summed E-state index contributed by atoms with van der Waals surface area (Å²) in [7, 11) is 1.51. The van der Waals surface area contributed by atoms with Crippen molar-refractivity contribution < 1.29 is 9.53 Å². The quantitative estimate of drug-likeness (QED) is 0.687. The average molecular weight is 273 g/mol. The molecule has 102 valence electrons. The third-order valence-electron chi connectivity index (χ3n) is 3.15. The summed E-state index contributed by atoms with van der Waals surface area (Å²) in [6.07, 6.45) is 0. The van der Waals surface area contributed by atoms with E-state index >= 15 is 0 Å². The van der Waals surface area contributed by atoms with Gasteiger partial charge in [-0.05, 0) is 18.2 Å². The largest absolute Gasteiger partial charge is 0.497 e. The van der Waals surface area contributed by atoms with Gasteiger partial charge in [-0.1, -0.05) is 0 Å². The second-order valence-electron chi connectivity index (χ2n) is 4.37. The molecule has 0 unspecified atom stereocenters. The van der Waals surface area contributed by atoms with Crippen molar-refractivity contribution in [2.75, 3.05) is 7.11 Å². The van der Waals surface area contributed by atoms with E-state index in [1.807, 2.05) is 0 Å². The number of ether oxygens (including phenoxy) is 1. The lowest BCUT2D eigenvalue weighted by Gasteiger charge is -2.08. The molecule has 7 heteroatoms. The normalized spacial score (nSPS) is 11.1. The monoisotopic (exact) mass is 273 g/mol. The van der Waals surface area contributed by atoms with Crippen LogP contribution in [-0.4, -0.2) is 26.9 Å². The Hall–Kier alpha value is -2.83. The van der Waals surface area contributed by atoms with Crippen molar-refractivity contribution in [2.24, 2.45) is 0 Å². The number of aromatic nitrogens is 3. The predicted octanol–water partition coefficient (Wildman–Crippen LogP) is 0.452. The standard InChI is InChI=1S/C13H11N3O4/c1-7(17)10-5-8-3-4-9(20-2)6-11(8)16-13(19)14-12(18)15(10)16/h3-6H,1-2H3,(H,14,18,19). The maximum atomic E-state index is 11.9. The highest BCUT2D eigenvalue weighted by atomic mass is 16.5. The smallest absolute Gasteiger partial charge is 0.349 e. The summed E-state index contributed by atoms with van der Waals surface area (Å²) >= 11 is 0. The molecule has 0 aliphatic rings. The third-order valence-corrected chi connectivity index (χ3v) is 3.15. The Morgan fingerprint density at radius 3 is 2.50 bits per heavy atom. The van der Waals surface area contributed by atoms with Crippen molar-refractivity contribution in [3.63, 3.8) is 0 Å². The molecule has 1 aromatic carbocycles. The van der Waals surface area contributed by atoms with Gasteiger partial charge in [0.25, 0.3) is 0 Å². The van der Waals surface area contributed by atoms with Crippen molar-refractivity contribution >= 4 is 16.7 Å². The summed E-state index contributed by atoms with van der Waals surface area (Å²) in [4.78, 5) is 37.6. The number of carbonyl (C=O) groups excluding carboxylic acids is 1. The number of nitrogens with one attached hydrogen (secondary N) is 1. The van der Waals surface area contributed by atoms with Crippen molar-refractivity contribution in [2.45, 2.75) is 6.92 Å². The summed E-state index contributed by atoms with van der Waals surface area (Å²) in [5.41, 5.74) is -0.620. The fourth-order valence-electron chi connectivity index (χ4n) is 2.23. The summed E-state index contributed by atoms with van der Waals surface area (Å²) in [6.45, 7) is 1.34. The van der Waals surface area contributed by atoms with Crippen LogP contribution in [-0.2, 0) is 0 Å². The summed E-state index contributed by atoms with van der Waals surface area (Å²) < 4.78 is 7.29. The highest BCUT2D eigenvalue weighted by Crippen LogP contribution is 2.20. The molecule has 7 nitrogen and oxygen atoms in total. The molecule has 0 amide bonds. The zero-order chi connectivity index (χ0) is 14.4. The van der Waals surface area contributed by atoms with Gasteiger partial charge in [0.2, 0.25) is 0 Å². The zero-order valence-electron chi connectivity index (χ0n) is 10.8. The second kappa shape index (κ2) is 4.09. The Labute approximate surface area is 112 Å². The number of methoxy groups -OCH3 is 1. The molecule has 0 aliphatic carbocycles. The van der Waals surface area contributed by atoms with Crippen LogP contribution in [0.4, 0.5) is 0 Å². The second-order valence-corrected chi connectivity index (χ2v) is 4.37. The number of benzene rings is 1. The van der Waals surface area contributed by atoms with Gasteiger partial charge in [-0.15, -0.1) is 0 Å². The molecule has 1 N–H and O–H groups in total. The number of carbonyl (C=O) groups is 1. The van der Waals surface area contributed by atoms with Crippen LogP contribution in [0.25, 0.3) is 10.9 Å². The van der Waals surface area contributed by atoms with Gasteiger partial charge >= 0.3 is 11.4 Å². The molecule has 0 fully saturated rings. The molecular weight excluding hydrogens is 262 g/mol. The Kier molecular flexibility index (Phi) is 2.50. The minimum absolute atomic E-state index is 0.144. The zero-order valence-corrected chi connectivity index (χ0v) is 10.8. The number of ketones is 1. The molecular formula is C13H11N3O4. The van der Waals surface area contributed by atoms with Crippen LogP contribution >= 0.6 is 0 Å². The van der Waals surface area contributed by atoms with Crippen LogP contribution in [0.3, 0.4) is 0 Å². The SMILES string of the molecule is COc1ccc2cc(C(C)=O)n3c(=O)[nH]c(=O)n3c2c1. The maximum Gasteiger partial charge on any atom is 0.349 e. The van der Waals surface area contributed by atoms with Gasteiger partial charge in [0.05, 0.1) is 12.6 Å². The minimum atomic E-state index is -0.648. The van der Waals surface area contributed by atoms with Crippen molar-refractivity contribution in [1.82, 2.24) is 14.0 Å². The van der Waals surface area contributed by atoms with Crippen molar-refractivity contribution in [1.29, 1.82) is 0 Å². The molecule has 3 aromatic rings. The average Bonchev–Trinajstić information content (AvgIpc) is 2.73. The summed E-state index contributed by atoms with van der Waals surface area (Å²) in [5.74, 6) is 0.247. The Bertz CT molecular complexity index is 961. The number of H-pyrrole nitrogens is 1. The first kappa shape index (κ1) is 12.2. The van der Waals surface area contributed by atoms with Crippen LogP contribution in [0.15, 0.2) is 33.9 Å². The van der Waals surface area contributed by atoms with Crippen LogP contribution in [0.1, 0.15) is 17.4 Å². The van der Waals surface area contributed by atoms with E-state index in [0.29, 0.717) is 16.7 Å².